The fourth-order valence-corrected chi connectivity index (χ4v) is 15.0. The first-order valence-corrected chi connectivity index (χ1v) is 26.5. The van der Waals surface area contributed by atoms with Crippen LogP contribution in [0.1, 0.15) is 106 Å². The SMILES string of the molecule is CC(C)=CCC[C@](C)(O)C1CC[C@]2(C)[C@@H]1[C@H](O[C@H]1O[C@@H](CO[C@@H]3O[C@@H](CO)[C@H](O)[C@H]3O)[C@H](O)[C@@H](O)[C@@H]1O)C[C@@H]1[C@@]3(C)CC[C@H](O[C@@H]4O[C@H](CO)[C@@H](O)[C@H](O)[C@H]4O[C@@H]4O[C@H](CO)[C@@H](O)[C@H](O)[C@H]4O)C[C@@H]3CC[C@]12C. The van der Waals surface area contributed by atoms with Gasteiger partial charge in [0.25, 0.3) is 0 Å². The van der Waals surface area contributed by atoms with Crippen molar-refractivity contribution in [3.63, 3.8) is 0 Å². The lowest BCUT2D eigenvalue weighted by atomic mass is 9.37. The van der Waals surface area contributed by atoms with Crippen LogP contribution in [0, 0.1) is 39.9 Å². The van der Waals surface area contributed by atoms with Crippen molar-refractivity contribution in [3.05, 3.63) is 11.6 Å². The highest BCUT2D eigenvalue weighted by molar-refractivity contribution is 5.19. The molecule has 22 heteroatoms. The Bertz CT molecular complexity index is 1860. The molecule has 1 unspecified atom stereocenters. The third-order valence-corrected chi connectivity index (χ3v) is 19.6. The Balaban J connectivity index is 1.04. The number of hydrogen-bond acceptors (Lipinski definition) is 22. The highest BCUT2D eigenvalue weighted by atomic mass is 16.8. The molecule has 422 valence electrons. The van der Waals surface area contributed by atoms with Crippen molar-refractivity contribution in [2.75, 3.05) is 26.4 Å². The molecule has 0 aromatic heterocycles. The lowest BCUT2D eigenvalue weighted by molar-refractivity contribution is -0.373. The zero-order valence-electron chi connectivity index (χ0n) is 42.9. The summed E-state index contributed by atoms with van der Waals surface area (Å²) in [6, 6.07) is 0. The van der Waals surface area contributed by atoms with Gasteiger partial charge in [0, 0.05) is 0 Å². The summed E-state index contributed by atoms with van der Waals surface area (Å²) in [6.45, 7) is 10.5. The van der Waals surface area contributed by atoms with Gasteiger partial charge in [0.05, 0.1) is 44.2 Å². The molecule has 0 aromatic rings. The van der Waals surface area contributed by atoms with E-state index in [4.69, 9.17) is 37.9 Å². The molecule has 0 aromatic carbocycles. The third-order valence-electron chi connectivity index (χ3n) is 19.6. The molecule has 4 saturated heterocycles. The number of aliphatic hydroxyl groups is 14. The van der Waals surface area contributed by atoms with Crippen molar-refractivity contribution < 1.29 is 109 Å². The van der Waals surface area contributed by atoms with Gasteiger partial charge in [-0.2, -0.15) is 0 Å². The van der Waals surface area contributed by atoms with Gasteiger partial charge in [-0.05, 0) is 125 Å². The number of aliphatic hydroxyl groups excluding tert-OH is 13. The van der Waals surface area contributed by atoms with Crippen LogP contribution in [-0.4, -0.2) is 232 Å². The largest absolute Gasteiger partial charge is 0.394 e. The Kier molecular flexibility index (Phi) is 17.9. The summed E-state index contributed by atoms with van der Waals surface area (Å²) in [5.41, 5.74) is -0.979. The molecule has 8 fully saturated rings. The van der Waals surface area contributed by atoms with E-state index in [-0.39, 0.29) is 34.5 Å². The summed E-state index contributed by atoms with van der Waals surface area (Å²) in [5, 5.41) is 151. The predicted molar refractivity (Wildman–Crippen MR) is 251 cm³/mol. The van der Waals surface area contributed by atoms with Gasteiger partial charge in [-0.1, -0.05) is 32.4 Å². The van der Waals surface area contributed by atoms with Crippen molar-refractivity contribution in [1.82, 2.24) is 0 Å². The van der Waals surface area contributed by atoms with Crippen molar-refractivity contribution in [2.45, 2.75) is 240 Å². The van der Waals surface area contributed by atoms with Gasteiger partial charge < -0.3 is 109 Å². The van der Waals surface area contributed by atoms with Crippen molar-refractivity contribution in [2.24, 2.45) is 39.9 Å². The Labute approximate surface area is 426 Å². The molecule has 0 radical (unpaired) electrons. The van der Waals surface area contributed by atoms with Gasteiger partial charge in [-0.15, -0.1) is 0 Å². The smallest absolute Gasteiger partial charge is 0.187 e. The summed E-state index contributed by atoms with van der Waals surface area (Å²) in [6.07, 6.45) is -21.5. The monoisotopic (exact) mass is 1050 g/mol. The van der Waals surface area contributed by atoms with Crippen LogP contribution < -0.4 is 0 Å². The Morgan fingerprint density at radius 3 is 1.71 bits per heavy atom. The normalized spacial score (nSPS) is 53.0. The molecule has 4 heterocycles. The van der Waals surface area contributed by atoms with E-state index in [0.29, 0.717) is 44.9 Å². The Hall–Kier alpha value is -1.14. The first-order chi connectivity index (χ1) is 34.3. The lowest BCUT2D eigenvalue weighted by Gasteiger charge is -2.69. The highest BCUT2D eigenvalue weighted by Gasteiger charge is 2.71. The summed E-state index contributed by atoms with van der Waals surface area (Å²) in [7, 11) is 0. The van der Waals surface area contributed by atoms with Gasteiger partial charge in [0.15, 0.2) is 25.2 Å². The van der Waals surface area contributed by atoms with Gasteiger partial charge in [0.1, 0.15) is 91.6 Å². The molecule has 0 bridgehead atoms. The third kappa shape index (κ3) is 10.6. The number of allylic oxidation sites excluding steroid dienone is 2. The Morgan fingerprint density at radius 2 is 1.10 bits per heavy atom. The molecule has 22 nitrogen and oxygen atoms in total. The summed E-state index contributed by atoms with van der Waals surface area (Å²) >= 11 is 0. The van der Waals surface area contributed by atoms with Crippen LogP contribution in [0.15, 0.2) is 11.6 Å². The van der Waals surface area contributed by atoms with E-state index in [2.05, 4.69) is 26.8 Å². The first kappa shape index (κ1) is 58.0. The maximum absolute atomic E-state index is 12.5. The molecule has 29 atom stereocenters. The van der Waals surface area contributed by atoms with Crippen LogP contribution >= 0.6 is 0 Å². The zero-order valence-corrected chi connectivity index (χ0v) is 42.9. The summed E-state index contributed by atoms with van der Waals surface area (Å²) in [5.74, 6) is -0.396. The standard InChI is InChI=1S/C51H86O22/c1-22(2)8-7-12-51(6,65)25-11-15-50(5)32(25)26(68-45-41(63)38(60)36(58)30(72-45)21-66-44-40(62)35(57)29(20-54)69-44)17-31-48(3)13-10-24(16-23(48)9-14-49(31,50)4)67-47-43(39(61)34(56)28(19-53)71-47)73-46-42(64)37(59)33(55)27(18-52)70-46/h8,23-47,52-65H,7,9-21H2,1-6H3/t23-,24-,25?,26+,27+,28+,29-,30-,31+,32-,33+,34+,35-,36-,37-,38+,39-,40+,41-,42+,43+,44+,45-,46-,47+,48-,49+,50+,51-/m0/s1. The minimum absolute atomic E-state index is 0.00606. The molecule has 0 spiro atoms. The second kappa shape index (κ2) is 22.5. The van der Waals surface area contributed by atoms with Crippen molar-refractivity contribution in [3.8, 4) is 0 Å². The fraction of sp³-hybridized carbons (Fsp3) is 0.961. The first-order valence-electron chi connectivity index (χ1n) is 26.5. The molecular weight excluding hydrogens is 965 g/mol. The highest BCUT2D eigenvalue weighted by Crippen LogP contribution is 2.75. The van der Waals surface area contributed by atoms with E-state index < -0.39 is 166 Å². The van der Waals surface area contributed by atoms with E-state index in [1.807, 2.05) is 20.8 Å². The van der Waals surface area contributed by atoms with Gasteiger partial charge in [-0.25, -0.2) is 0 Å². The molecule has 14 N–H and O–H groups in total. The van der Waals surface area contributed by atoms with Gasteiger partial charge >= 0.3 is 0 Å². The van der Waals surface area contributed by atoms with Crippen molar-refractivity contribution >= 4 is 0 Å². The number of hydrogen-bond donors (Lipinski definition) is 14. The molecule has 4 saturated carbocycles. The molecule has 8 rings (SSSR count). The summed E-state index contributed by atoms with van der Waals surface area (Å²) < 4.78 is 48.7. The topological polar surface area (TPSA) is 357 Å². The molecule has 8 aliphatic rings. The molecule has 4 aliphatic heterocycles. The molecule has 73 heavy (non-hydrogen) atoms. The number of fused-ring (bicyclic) bond motifs is 5. The van der Waals surface area contributed by atoms with Gasteiger partial charge in [-0.3, -0.25) is 0 Å². The minimum atomic E-state index is -1.82. The fourth-order valence-electron chi connectivity index (χ4n) is 15.0. The van der Waals surface area contributed by atoms with E-state index in [1.54, 1.807) is 0 Å². The quantitative estimate of drug-likeness (QED) is 0.0576. The number of rotatable bonds is 16. The van der Waals surface area contributed by atoms with E-state index in [9.17, 15) is 71.5 Å². The maximum atomic E-state index is 12.5. The van der Waals surface area contributed by atoms with Gasteiger partial charge in [0.2, 0.25) is 0 Å². The maximum Gasteiger partial charge on any atom is 0.187 e. The molecule has 0 amide bonds. The average molecular weight is 1050 g/mol. The average Bonchev–Trinajstić information content (AvgIpc) is 3.87. The minimum Gasteiger partial charge on any atom is -0.394 e. The van der Waals surface area contributed by atoms with Crippen LogP contribution in [0.5, 0.6) is 0 Å². The zero-order chi connectivity index (χ0) is 53.3. The molecular formula is C51H86O22. The van der Waals surface area contributed by atoms with E-state index in [0.717, 1.165) is 24.8 Å². The second-order valence-electron chi connectivity index (χ2n) is 24.0. The Morgan fingerprint density at radius 1 is 0.575 bits per heavy atom. The predicted octanol–water partition coefficient (Wildman–Crippen LogP) is -2.20. The van der Waals surface area contributed by atoms with E-state index in [1.165, 1.54) is 0 Å². The van der Waals surface area contributed by atoms with Crippen molar-refractivity contribution in [1.29, 1.82) is 0 Å². The van der Waals surface area contributed by atoms with Crippen LogP contribution in [0.3, 0.4) is 0 Å². The van der Waals surface area contributed by atoms with Crippen LogP contribution in [0.2, 0.25) is 0 Å². The van der Waals surface area contributed by atoms with Crippen LogP contribution in [0.4, 0.5) is 0 Å². The molecule has 4 aliphatic carbocycles. The summed E-state index contributed by atoms with van der Waals surface area (Å²) in [4.78, 5) is 0. The van der Waals surface area contributed by atoms with Crippen LogP contribution in [0.25, 0.3) is 0 Å². The second-order valence-corrected chi connectivity index (χ2v) is 24.0. The van der Waals surface area contributed by atoms with Crippen LogP contribution in [-0.2, 0) is 37.9 Å². The lowest BCUT2D eigenvalue weighted by Crippen LogP contribution is -2.66. The van der Waals surface area contributed by atoms with E-state index >= 15 is 0 Å². The number of ether oxygens (including phenoxy) is 8.